The highest BCUT2D eigenvalue weighted by Crippen LogP contribution is 2.27. The van der Waals surface area contributed by atoms with Crippen LogP contribution in [0.15, 0.2) is 28.4 Å². The Bertz CT molecular complexity index is 633. The number of rotatable bonds is 7. The molecule has 0 spiro atoms. The third-order valence-electron chi connectivity index (χ3n) is 4.54. The van der Waals surface area contributed by atoms with E-state index in [0.717, 1.165) is 51.1 Å². The summed E-state index contributed by atoms with van der Waals surface area (Å²) in [6.45, 7) is 5.64. The van der Waals surface area contributed by atoms with Gasteiger partial charge in [-0.05, 0) is 63.3 Å². The van der Waals surface area contributed by atoms with Crippen LogP contribution in [0.5, 0.6) is 0 Å². The molecule has 1 aliphatic heterocycles. The predicted molar refractivity (Wildman–Crippen MR) is 91.5 cm³/mol. The van der Waals surface area contributed by atoms with Gasteiger partial charge in [-0.25, -0.2) is 13.1 Å². The van der Waals surface area contributed by atoms with Crippen molar-refractivity contribution in [2.45, 2.75) is 37.9 Å². The van der Waals surface area contributed by atoms with Gasteiger partial charge in [-0.3, -0.25) is 4.90 Å². The summed E-state index contributed by atoms with van der Waals surface area (Å²) in [5, 5.41) is -0.124. The summed E-state index contributed by atoms with van der Waals surface area (Å²) in [5.74, 6) is 1.29. The van der Waals surface area contributed by atoms with E-state index in [2.05, 4.69) is 22.6 Å². The van der Waals surface area contributed by atoms with Gasteiger partial charge in [0.2, 0.25) is 10.0 Å². The molecule has 0 amide bonds. The van der Waals surface area contributed by atoms with Crippen LogP contribution in [0.1, 0.15) is 38.4 Å². The lowest BCUT2D eigenvalue weighted by molar-refractivity contribution is 0.189. The van der Waals surface area contributed by atoms with Crippen molar-refractivity contribution in [3.8, 4) is 0 Å². The number of hydrogen-bond donors (Lipinski definition) is 1. The summed E-state index contributed by atoms with van der Waals surface area (Å²) in [4.78, 5) is 2.41. The summed E-state index contributed by atoms with van der Waals surface area (Å²) in [6.07, 6.45) is 7.63. The Morgan fingerprint density at radius 2 is 2.26 bits per heavy atom. The van der Waals surface area contributed by atoms with Crippen LogP contribution in [0.4, 0.5) is 0 Å². The van der Waals surface area contributed by atoms with Crippen molar-refractivity contribution in [3.05, 3.63) is 29.7 Å². The minimum absolute atomic E-state index is 0.124. The first-order valence-electron chi connectivity index (χ1n) is 8.44. The molecule has 1 saturated heterocycles. The molecule has 1 N–H and O–H groups in total. The number of nitrogens with zero attached hydrogens (tertiary/aromatic N) is 1. The molecule has 1 atom stereocenters. The Hall–Kier alpha value is -1.11. The molecular formula is C17H26N2O3S. The van der Waals surface area contributed by atoms with E-state index in [1.54, 1.807) is 6.26 Å². The van der Waals surface area contributed by atoms with Crippen molar-refractivity contribution in [2.24, 2.45) is 5.92 Å². The van der Waals surface area contributed by atoms with Crippen molar-refractivity contribution in [3.63, 3.8) is 0 Å². The molecule has 128 valence electrons. The van der Waals surface area contributed by atoms with Crippen molar-refractivity contribution in [1.29, 1.82) is 0 Å². The fourth-order valence-corrected chi connectivity index (χ4v) is 4.67. The van der Waals surface area contributed by atoms with Crippen molar-refractivity contribution >= 4 is 16.1 Å². The SMILES string of the molecule is CC(=Cc1ccco1)CN1CCCC(CNS(=O)(=O)C2CC2)C1. The zero-order valence-corrected chi connectivity index (χ0v) is 14.5. The van der Waals surface area contributed by atoms with E-state index in [1.165, 1.54) is 5.57 Å². The largest absolute Gasteiger partial charge is 0.465 e. The van der Waals surface area contributed by atoms with Gasteiger partial charge in [0.15, 0.2) is 0 Å². The van der Waals surface area contributed by atoms with Crippen LogP contribution < -0.4 is 4.72 Å². The topological polar surface area (TPSA) is 62.6 Å². The fraction of sp³-hybridized carbons (Fsp3) is 0.647. The fourth-order valence-electron chi connectivity index (χ4n) is 3.21. The Kier molecular flexibility index (Phi) is 5.24. The van der Waals surface area contributed by atoms with Crippen LogP contribution in [0, 0.1) is 5.92 Å². The number of hydrogen-bond acceptors (Lipinski definition) is 4. The minimum Gasteiger partial charge on any atom is -0.465 e. The van der Waals surface area contributed by atoms with E-state index < -0.39 is 10.0 Å². The molecule has 1 unspecified atom stereocenters. The van der Waals surface area contributed by atoms with Gasteiger partial charge in [0.1, 0.15) is 5.76 Å². The predicted octanol–water partition coefficient (Wildman–Crippen LogP) is 2.48. The molecule has 1 aromatic rings. The average Bonchev–Trinajstić information content (AvgIpc) is 3.26. The molecule has 23 heavy (non-hydrogen) atoms. The average molecular weight is 338 g/mol. The van der Waals surface area contributed by atoms with Crippen LogP contribution >= 0.6 is 0 Å². The van der Waals surface area contributed by atoms with Crippen molar-refractivity contribution in [2.75, 3.05) is 26.2 Å². The molecule has 2 aliphatic rings. The second-order valence-electron chi connectivity index (χ2n) is 6.84. The summed E-state index contributed by atoms with van der Waals surface area (Å²) < 4.78 is 32.0. The molecule has 6 heteroatoms. The Morgan fingerprint density at radius 1 is 1.43 bits per heavy atom. The van der Waals surface area contributed by atoms with Gasteiger partial charge < -0.3 is 4.42 Å². The maximum Gasteiger partial charge on any atom is 0.214 e. The van der Waals surface area contributed by atoms with Crippen LogP contribution in [-0.4, -0.2) is 44.7 Å². The molecule has 0 aromatic carbocycles. The first-order valence-corrected chi connectivity index (χ1v) is 9.99. The lowest BCUT2D eigenvalue weighted by Gasteiger charge is -2.33. The van der Waals surface area contributed by atoms with Gasteiger partial charge in [0.05, 0.1) is 11.5 Å². The minimum atomic E-state index is -3.05. The Morgan fingerprint density at radius 3 is 2.96 bits per heavy atom. The summed E-state index contributed by atoms with van der Waals surface area (Å²) in [6, 6.07) is 3.84. The lowest BCUT2D eigenvalue weighted by atomic mass is 9.98. The highest BCUT2D eigenvalue weighted by Gasteiger charge is 2.35. The molecule has 1 aliphatic carbocycles. The van der Waals surface area contributed by atoms with Gasteiger partial charge in [-0.1, -0.05) is 5.57 Å². The molecular weight excluding hydrogens is 312 g/mol. The molecule has 3 rings (SSSR count). The standard InChI is InChI=1S/C17H26N2O3S/c1-14(10-16-5-3-9-22-16)12-19-8-2-4-15(13-19)11-18-23(20,21)17-6-7-17/h3,5,9-10,15,17-18H,2,4,6-8,11-13H2,1H3. The molecule has 0 radical (unpaired) electrons. The molecule has 2 fully saturated rings. The maximum absolute atomic E-state index is 11.9. The molecule has 1 saturated carbocycles. The van der Waals surface area contributed by atoms with Gasteiger partial charge >= 0.3 is 0 Å². The van der Waals surface area contributed by atoms with Gasteiger partial charge in [-0.2, -0.15) is 0 Å². The van der Waals surface area contributed by atoms with Crippen LogP contribution in [0.25, 0.3) is 6.08 Å². The number of likely N-dealkylation sites (tertiary alicyclic amines) is 1. The van der Waals surface area contributed by atoms with Crippen molar-refractivity contribution < 1.29 is 12.8 Å². The maximum atomic E-state index is 11.9. The van der Waals surface area contributed by atoms with Crippen molar-refractivity contribution in [1.82, 2.24) is 9.62 Å². The number of piperidine rings is 1. The van der Waals surface area contributed by atoms with Crippen LogP contribution in [0.3, 0.4) is 0 Å². The Labute approximate surface area is 138 Å². The number of nitrogens with one attached hydrogen (secondary N) is 1. The van der Waals surface area contributed by atoms with E-state index in [4.69, 9.17) is 4.42 Å². The van der Waals surface area contributed by atoms with E-state index >= 15 is 0 Å². The molecule has 0 bridgehead atoms. The highest BCUT2D eigenvalue weighted by molar-refractivity contribution is 7.90. The summed E-state index contributed by atoms with van der Waals surface area (Å²) >= 11 is 0. The van der Waals surface area contributed by atoms with E-state index in [9.17, 15) is 8.42 Å². The normalized spacial score (nSPS) is 24.0. The summed E-state index contributed by atoms with van der Waals surface area (Å²) in [5.41, 5.74) is 1.26. The highest BCUT2D eigenvalue weighted by atomic mass is 32.2. The van der Waals surface area contributed by atoms with E-state index in [-0.39, 0.29) is 5.25 Å². The number of furan rings is 1. The second kappa shape index (κ2) is 7.20. The Balaban J connectivity index is 1.48. The van der Waals surface area contributed by atoms with Gasteiger partial charge in [-0.15, -0.1) is 0 Å². The first kappa shape index (κ1) is 16.7. The zero-order valence-electron chi connectivity index (χ0n) is 13.7. The third-order valence-corrected chi connectivity index (χ3v) is 6.46. The van der Waals surface area contributed by atoms with E-state index in [1.807, 2.05) is 12.1 Å². The first-order chi connectivity index (χ1) is 11.0. The molecule has 2 heterocycles. The third kappa shape index (κ3) is 4.93. The smallest absolute Gasteiger partial charge is 0.214 e. The molecule has 5 nitrogen and oxygen atoms in total. The second-order valence-corrected chi connectivity index (χ2v) is 8.89. The number of sulfonamides is 1. The van der Waals surface area contributed by atoms with Crippen LogP contribution in [0.2, 0.25) is 0 Å². The van der Waals surface area contributed by atoms with Gasteiger partial charge in [0, 0.05) is 19.6 Å². The monoisotopic (exact) mass is 338 g/mol. The van der Waals surface area contributed by atoms with E-state index in [0.29, 0.717) is 12.5 Å². The zero-order chi connectivity index (χ0) is 16.3. The lowest BCUT2D eigenvalue weighted by Crippen LogP contribution is -2.42. The van der Waals surface area contributed by atoms with Crippen LogP contribution in [-0.2, 0) is 10.0 Å². The summed E-state index contributed by atoms with van der Waals surface area (Å²) in [7, 11) is -3.05. The van der Waals surface area contributed by atoms with Gasteiger partial charge in [0.25, 0.3) is 0 Å². The quantitative estimate of drug-likeness (QED) is 0.830. The molecule has 1 aromatic heterocycles.